The Kier molecular flexibility index (Phi) is 5.83. The quantitative estimate of drug-likeness (QED) is 0.898. The highest BCUT2D eigenvalue weighted by atomic mass is 79.9. The summed E-state index contributed by atoms with van der Waals surface area (Å²) in [6.45, 7) is 12.2. The van der Waals surface area contributed by atoms with E-state index in [0.717, 1.165) is 49.2 Å². The molecule has 0 saturated carbocycles. The summed E-state index contributed by atoms with van der Waals surface area (Å²) in [7, 11) is 0. The summed E-state index contributed by atoms with van der Waals surface area (Å²) in [6.07, 6.45) is 0.402. The number of hydrogen-bond donors (Lipinski definition) is 1. The maximum absolute atomic E-state index is 10.3. The summed E-state index contributed by atoms with van der Waals surface area (Å²) < 4.78 is 0.995. The smallest absolute Gasteiger partial charge is 0.0813 e. The molecule has 1 aliphatic rings. The molecule has 1 heterocycles. The highest BCUT2D eigenvalue weighted by molar-refractivity contribution is 9.10. The Labute approximate surface area is 137 Å². The van der Waals surface area contributed by atoms with Gasteiger partial charge in [-0.2, -0.15) is 0 Å². The number of piperazine rings is 1. The molecule has 0 radical (unpaired) electrons. The van der Waals surface area contributed by atoms with Gasteiger partial charge < -0.3 is 10.0 Å². The topological polar surface area (TPSA) is 26.7 Å². The van der Waals surface area contributed by atoms with Gasteiger partial charge in [-0.25, -0.2) is 0 Å². The predicted molar refractivity (Wildman–Crippen MR) is 91.5 cm³/mol. The summed E-state index contributed by atoms with van der Waals surface area (Å²) in [6, 6.07) is 7.93. The van der Waals surface area contributed by atoms with Crippen LogP contribution in [-0.4, -0.2) is 53.2 Å². The molecule has 1 aromatic rings. The number of nitrogens with zero attached hydrogens (tertiary/aromatic N) is 2. The summed E-state index contributed by atoms with van der Waals surface area (Å²) in [4.78, 5) is 5.00. The fourth-order valence-electron chi connectivity index (χ4n) is 2.85. The van der Waals surface area contributed by atoms with Gasteiger partial charge in [0, 0.05) is 42.7 Å². The van der Waals surface area contributed by atoms with Gasteiger partial charge in [0.1, 0.15) is 0 Å². The molecule has 0 aliphatic carbocycles. The van der Waals surface area contributed by atoms with Crippen LogP contribution in [0.1, 0.15) is 38.9 Å². The molecule has 1 fully saturated rings. The molecule has 0 amide bonds. The molecule has 0 bridgehead atoms. The average Bonchev–Trinajstić information content (AvgIpc) is 2.45. The van der Waals surface area contributed by atoms with Crippen molar-refractivity contribution in [3.63, 3.8) is 0 Å². The fourth-order valence-corrected chi connectivity index (χ4v) is 3.40. The molecule has 2 rings (SSSR count). The van der Waals surface area contributed by atoms with Gasteiger partial charge in [0.05, 0.1) is 6.10 Å². The SMILES string of the molecule is CC(C)(C)N1CCN(CCC(O)c2ccccc2Br)CC1. The van der Waals surface area contributed by atoms with Crippen LogP contribution in [0.5, 0.6) is 0 Å². The lowest BCUT2D eigenvalue weighted by molar-refractivity contribution is 0.0532. The van der Waals surface area contributed by atoms with Crippen LogP contribution in [0.3, 0.4) is 0 Å². The van der Waals surface area contributed by atoms with E-state index in [0.29, 0.717) is 0 Å². The van der Waals surface area contributed by atoms with Crippen LogP contribution >= 0.6 is 15.9 Å². The van der Waals surface area contributed by atoms with Crippen LogP contribution in [0.25, 0.3) is 0 Å². The van der Waals surface area contributed by atoms with Crippen molar-refractivity contribution in [1.82, 2.24) is 9.80 Å². The van der Waals surface area contributed by atoms with Gasteiger partial charge in [0.25, 0.3) is 0 Å². The van der Waals surface area contributed by atoms with Crippen molar-refractivity contribution >= 4 is 15.9 Å². The third kappa shape index (κ3) is 4.78. The molecule has 3 nitrogen and oxygen atoms in total. The number of benzene rings is 1. The van der Waals surface area contributed by atoms with E-state index in [1.807, 2.05) is 24.3 Å². The van der Waals surface area contributed by atoms with Crippen molar-refractivity contribution in [2.24, 2.45) is 0 Å². The van der Waals surface area contributed by atoms with E-state index in [2.05, 4.69) is 46.5 Å². The first-order valence-electron chi connectivity index (χ1n) is 7.78. The monoisotopic (exact) mass is 354 g/mol. The molecule has 1 saturated heterocycles. The Hall–Kier alpha value is -0.420. The second-order valence-electron chi connectivity index (χ2n) is 6.83. The molecule has 1 aliphatic heterocycles. The molecule has 1 N–H and O–H groups in total. The first-order valence-corrected chi connectivity index (χ1v) is 8.57. The zero-order chi connectivity index (χ0) is 15.5. The van der Waals surface area contributed by atoms with Crippen LogP contribution in [0.4, 0.5) is 0 Å². The van der Waals surface area contributed by atoms with Crippen molar-refractivity contribution < 1.29 is 5.11 Å². The lowest BCUT2D eigenvalue weighted by Crippen LogP contribution is -2.53. The second kappa shape index (κ2) is 7.23. The van der Waals surface area contributed by atoms with Crippen molar-refractivity contribution in [2.45, 2.75) is 38.8 Å². The van der Waals surface area contributed by atoms with Gasteiger partial charge >= 0.3 is 0 Å². The Morgan fingerprint density at radius 2 is 1.76 bits per heavy atom. The zero-order valence-electron chi connectivity index (χ0n) is 13.3. The normalized spacial score (nSPS) is 19.7. The van der Waals surface area contributed by atoms with Crippen molar-refractivity contribution in [1.29, 1.82) is 0 Å². The summed E-state index contributed by atoms with van der Waals surface area (Å²) >= 11 is 3.51. The number of rotatable bonds is 4. The Balaban J connectivity index is 1.79. The average molecular weight is 355 g/mol. The number of aliphatic hydroxyl groups is 1. The van der Waals surface area contributed by atoms with E-state index in [1.54, 1.807) is 0 Å². The predicted octanol–water partition coefficient (Wildman–Crippen LogP) is 3.29. The Morgan fingerprint density at radius 1 is 1.14 bits per heavy atom. The number of hydrogen-bond acceptors (Lipinski definition) is 3. The van der Waals surface area contributed by atoms with Gasteiger partial charge in [0.2, 0.25) is 0 Å². The highest BCUT2D eigenvalue weighted by Gasteiger charge is 2.25. The van der Waals surface area contributed by atoms with E-state index in [-0.39, 0.29) is 11.6 Å². The standard InChI is InChI=1S/C17H27BrN2O/c1-17(2,3)20-12-10-19(11-13-20)9-8-16(21)14-6-4-5-7-15(14)18/h4-7,16,21H,8-13H2,1-3H3. The van der Waals surface area contributed by atoms with E-state index in [1.165, 1.54) is 0 Å². The maximum Gasteiger partial charge on any atom is 0.0813 e. The minimum Gasteiger partial charge on any atom is -0.388 e. The second-order valence-corrected chi connectivity index (χ2v) is 7.68. The molecule has 1 unspecified atom stereocenters. The van der Waals surface area contributed by atoms with Gasteiger partial charge in [0.15, 0.2) is 0 Å². The molecule has 1 atom stereocenters. The molecule has 1 aromatic carbocycles. The number of halogens is 1. The fraction of sp³-hybridized carbons (Fsp3) is 0.647. The van der Waals surface area contributed by atoms with Gasteiger partial charge in [-0.15, -0.1) is 0 Å². The van der Waals surface area contributed by atoms with Crippen LogP contribution in [0.15, 0.2) is 28.7 Å². The summed E-state index contributed by atoms with van der Waals surface area (Å²) in [5.41, 5.74) is 1.26. The number of aliphatic hydroxyl groups excluding tert-OH is 1. The first-order chi connectivity index (χ1) is 9.88. The lowest BCUT2D eigenvalue weighted by atomic mass is 10.0. The van der Waals surface area contributed by atoms with Gasteiger partial charge in [-0.1, -0.05) is 34.1 Å². The van der Waals surface area contributed by atoms with Gasteiger partial charge in [-0.05, 0) is 38.8 Å². The van der Waals surface area contributed by atoms with E-state index < -0.39 is 0 Å². The van der Waals surface area contributed by atoms with E-state index in [9.17, 15) is 5.11 Å². The molecular weight excluding hydrogens is 328 g/mol. The van der Waals surface area contributed by atoms with Crippen LogP contribution in [-0.2, 0) is 0 Å². The third-order valence-corrected chi connectivity index (χ3v) is 5.03. The molecule has 0 spiro atoms. The minimum atomic E-state index is -0.388. The summed E-state index contributed by atoms with van der Waals surface area (Å²) in [5.74, 6) is 0. The van der Waals surface area contributed by atoms with Crippen LogP contribution in [0.2, 0.25) is 0 Å². The Bertz CT molecular complexity index is 450. The van der Waals surface area contributed by atoms with Gasteiger partial charge in [-0.3, -0.25) is 4.90 Å². The molecule has 0 aromatic heterocycles. The van der Waals surface area contributed by atoms with Crippen LogP contribution < -0.4 is 0 Å². The molecular formula is C17H27BrN2O. The first kappa shape index (κ1) is 16.9. The minimum absolute atomic E-state index is 0.264. The largest absolute Gasteiger partial charge is 0.388 e. The van der Waals surface area contributed by atoms with Crippen molar-refractivity contribution in [2.75, 3.05) is 32.7 Å². The van der Waals surface area contributed by atoms with Crippen molar-refractivity contribution in [3.05, 3.63) is 34.3 Å². The lowest BCUT2D eigenvalue weighted by Gasteiger charge is -2.42. The van der Waals surface area contributed by atoms with E-state index in [4.69, 9.17) is 0 Å². The van der Waals surface area contributed by atoms with Crippen LogP contribution in [0, 0.1) is 0 Å². The molecule has 4 heteroatoms. The highest BCUT2D eigenvalue weighted by Crippen LogP contribution is 2.25. The Morgan fingerprint density at radius 3 is 2.33 bits per heavy atom. The third-order valence-electron chi connectivity index (χ3n) is 4.30. The van der Waals surface area contributed by atoms with Crippen molar-refractivity contribution in [3.8, 4) is 0 Å². The molecule has 21 heavy (non-hydrogen) atoms. The zero-order valence-corrected chi connectivity index (χ0v) is 14.9. The van der Waals surface area contributed by atoms with E-state index >= 15 is 0 Å². The molecule has 118 valence electrons. The maximum atomic E-state index is 10.3. The summed E-state index contributed by atoms with van der Waals surface area (Å²) in [5, 5.41) is 10.3.